The van der Waals surface area contributed by atoms with E-state index >= 15 is 0 Å². The van der Waals surface area contributed by atoms with Crippen molar-refractivity contribution in [1.29, 1.82) is 0 Å². The van der Waals surface area contributed by atoms with E-state index in [4.69, 9.17) is 14.6 Å². The fourth-order valence-electron chi connectivity index (χ4n) is 2.65. The van der Waals surface area contributed by atoms with Crippen LogP contribution < -0.4 is 9.47 Å². The largest absolute Gasteiger partial charge is 0.481 e. The molecule has 0 aromatic heterocycles. The van der Waals surface area contributed by atoms with Crippen molar-refractivity contribution in [1.82, 2.24) is 0 Å². The molecule has 0 saturated carbocycles. The van der Waals surface area contributed by atoms with E-state index in [1.54, 1.807) is 19.1 Å². The average Bonchev–Trinajstić information content (AvgIpc) is 2.54. The molecule has 6 nitrogen and oxygen atoms in total. The van der Waals surface area contributed by atoms with Crippen LogP contribution in [-0.2, 0) is 20.8 Å². The maximum absolute atomic E-state index is 11.5. The molecule has 0 spiro atoms. The number of allylic oxidation sites excluding steroid dienone is 1. The lowest BCUT2D eigenvalue weighted by Crippen LogP contribution is -2.12. The Labute approximate surface area is 153 Å². The lowest BCUT2D eigenvalue weighted by molar-refractivity contribution is -0.139. The first-order valence-corrected chi connectivity index (χ1v) is 8.45. The van der Waals surface area contributed by atoms with Crippen LogP contribution in [0.3, 0.4) is 0 Å². The molecule has 0 amide bonds. The highest BCUT2D eigenvalue weighted by Gasteiger charge is 2.21. The first kappa shape index (κ1) is 21.4. The molecular formula is C20H26O6. The number of carboxylic acids is 1. The molecule has 0 bridgehead atoms. The van der Waals surface area contributed by atoms with Crippen molar-refractivity contribution in [2.24, 2.45) is 5.92 Å². The molecule has 1 aromatic rings. The van der Waals surface area contributed by atoms with Crippen molar-refractivity contribution >= 4 is 17.9 Å². The highest BCUT2D eigenvalue weighted by atomic mass is 16.5. The number of rotatable bonds is 7. The molecule has 1 atom stereocenters. The van der Waals surface area contributed by atoms with Crippen molar-refractivity contribution < 1.29 is 29.0 Å². The van der Waals surface area contributed by atoms with Gasteiger partial charge in [-0.1, -0.05) is 12.2 Å². The number of esters is 2. The second kappa shape index (κ2) is 9.17. The van der Waals surface area contributed by atoms with Crippen LogP contribution in [0.25, 0.3) is 0 Å². The average molecular weight is 362 g/mol. The molecule has 6 heteroatoms. The zero-order valence-electron chi connectivity index (χ0n) is 16.1. The number of carbonyl (C=O) groups is 3. The fraction of sp³-hybridized carbons (Fsp3) is 0.450. The van der Waals surface area contributed by atoms with E-state index in [9.17, 15) is 14.4 Å². The summed E-state index contributed by atoms with van der Waals surface area (Å²) in [5.41, 5.74) is 2.99. The van der Waals surface area contributed by atoms with Crippen LogP contribution in [-0.4, -0.2) is 23.0 Å². The molecule has 0 saturated heterocycles. The molecule has 142 valence electrons. The number of hydrogen-bond acceptors (Lipinski definition) is 5. The first-order chi connectivity index (χ1) is 12.1. The number of ether oxygens (including phenoxy) is 2. The standard InChI is InChI=1S/C20H26O6/c1-11(20(23)24)9-7-8-10-17-14(4)18(25-15(5)21)12(2)13(3)19(17)26-16(6)22/h7,9,11H,8,10H2,1-6H3,(H,23,24). The third kappa shape index (κ3) is 5.44. The van der Waals surface area contributed by atoms with Gasteiger partial charge in [-0.2, -0.15) is 0 Å². The van der Waals surface area contributed by atoms with Gasteiger partial charge in [0.15, 0.2) is 0 Å². The minimum atomic E-state index is -0.888. The number of aliphatic carboxylic acids is 1. The summed E-state index contributed by atoms with van der Waals surface area (Å²) in [6.45, 7) is 9.71. The summed E-state index contributed by atoms with van der Waals surface area (Å²) in [7, 11) is 0. The molecule has 0 heterocycles. The van der Waals surface area contributed by atoms with Crippen molar-refractivity contribution in [3.8, 4) is 11.5 Å². The van der Waals surface area contributed by atoms with Crippen LogP contribution in [0.4, 0.5) is 0 Å². The van der Waals surface area contributed by atoms with Crippen molar-refractivity contribution in [2.45, 2.75) is 54.4 Å². The predicted octanol–water partition coefficient (Wildman–Crippen LogP) is 3.67. The molecule has 0 aliphatic carbocycles. The third-order valence-corrected chi connectivity index (χ3v) is 4.18. The van der Waals surface area contributed by atoms with Crippen LogP contribution in [0.15, 0.2) is 12.2 Å². The van der Waals surface area contributed by atoms with Gasteiger partial charge in [0.05, 0.1) is 5.92 Å². The van der Waals surface area contributed by atoms with Gasteiger partial charge in [0, 0.05) is 19.4 Å². The molecule has 0 radical (unpaired) electrons. The Kier molecular flexibility index (Phi) is 7.56. The monoisotopic (exact) mass is 362 g/mol. The van der Waals surface area contributed by atoms with Gasteiger partial charge in [-0.05, 0) is 57.2 Å². The molecule has 0 aliphatic heterocycles. The van der Waals surface area contributed by atoms with Gasteiger partial charge in [-0.15, -0.1) is 0 Å². The van der Waals surface area contributed by atoms with Crippen molar-refractivity contribution in [2.75, 3.05) is 0 Å². The van der Waals surface area contributed by atoms with Crippen LogP contribution in [0, 0.1) is 26.7 Å². The molecule has 1 aromatic carbocycles. The highest BCUT2D eigenvalue weighted by Crippen LogP contribution is 2.38. The maximum atomic E-state index is 11.5. The van der Waals surface area contributed by atoms with Crippen LogP contribution in [0.2, 0.25) is 0 Å². The summed E-state index contributed by atoms with van der Waals surface area (Å²) in [5.74, 6) is -1.35. The van der Waals surface area contributed by atoms with Crippen molar-refractivity contribution in [3.05, 3.63) is 34.4 Å². The van der Waals surface area contributed by atoms with Crippen LogP contribution in [0.1, 0.15) is 49.4 Å². The summed E-state index contributed by atoms with van der Waals surface area (Å²) in [6, 6.07) is 0. The van der Waals surface area contributed by atoms with Crippen molar-refractivity contribution in [3.63, 3.8) is 0 Å². The Morgan fingerprint density at radius 3 is 1.96 bits per heavy atom. The van der Waals surface area contributed by atoms with E-state index in [0.717, 1.165) is 22.3 Å². The van der Waals surface area contributed by atoms with Gasteiger partial charge in [0.25, 0.3) is 0 Å². The zero-order chi connectivity index (χ0) is 20.0. The number of carbonyl (C=O) groups excluding carboxylic acids is 2. The summed E-state index contributed by atoms with van der Waals surface area (Å²) >= 11 is 0. The van der Waals surface area contributed by atoms with Gasteiger partial charge < -0.3 is 14.6 Å². The molecule has 26 heavy (non-hydrogen) atoms. The Morgan fingerprint density at radius 1 is 0.962 bits per heavy atom. The van der Waals surface area contributed by atoms with E-state index in [1.807, 2.05) is 20.8 Å². The molecule has 1 rings (SSSR count). The maximum Gasteiger partial charge on any atom is 0.310 e. The summed E-state index contributed by atoms with van der Waals surface area (Å²) < 4.78 is 10.8. The van der Waals surface area contributed by atoms with Gasteiger partial charge in [-0.25, -0.2) is 0 Å². The Balaban J connectivity index is 3.28. The van der Waals surface area contributed by atoms with E-state index in [-0.39, 0.29) is 0 Å². The van der Waals surface area contributed by atoms with Crippen LogP contribution >= 0.6 is 0 Å². The first-order valence-electron chi connectivity index (χ1n) is 8.45. The molecule has 1 N–H and O–H groups in total. The Bertz CT molecular complexity index is 745. The topological polar surface area (TPSA) is 89.9 Å². The van der Waals surface area contributed by atoms with Crippen LogP contribution in [0.5, 0.6) is 11.5 Å². The second-order valence-corrected chi connectivity index (χ2v) is 6.29. The normalized spacial score (nSPS) is 12.1. The smallest absolute Gasteiger partial charge is 0.310 e. The molecule has 0 fully saturated rings. The third-order valence-electron chi connectivity index (χ3n) is 4.18. The summed E-state index contributed by atoms with van der Waals surface area (Å²) in [4.78, 5) is 33.8. The van der Waals surface area contributed by atoms with E-state index in [0.29, 0.717) is 24.3 Å². The lowest BCUT2D eigenvalue weighted by Gasteiger charge is -2.20. The number of carboxylic acid groups (broad SMARTS) is 1. The SMILES string of the molecule is CC(=O)Oc1c(C)c(C)c(OC(C)=O)c(CCC=CC(C)C(=O)O)c1C. The van der Waals surface area contributed by atoms with Gasteiger partial charge in [-0.3, -0.25) is 14.4 Å². The molecule has 1 unspecified atom stereocenters. The Hall–Kier alpha value is -2.63. The molecule has 0 aliphatic rings. The van der Waals surface area contributed by atoms with E-state index < -0.39 is 23.8 Å². The minimum Gasteiger partial charge on any atom is -0.481 e. The second-order valence-electron chi connectivity index (χ2n) is 6.29. The minimum absolute atomic E-state index is 0.419. The summed E-state index contributed by atoms with van der Waals surface area (Å²) in [5, 5.41) is 8.92. The van der Waals surface area contributed by atoms with Gasteiger partial charge in [0.1, 0.15) is 11.5 Å². The Morgan fingerprint density at radius 2 is 1.46 bits per heavy atom. The zero-order valence-corrected chi connectivity index (χ0v) is 16.1. The quantitative estimate of drug-likeness (QED) is 0.452. The molecular weight excluding hydrogens is 336 g/mol. The fourth-order valence-corrected chi connectivity index (χ4v) is 2.65. The van der Waals surface area contributed by atoms with E-state index in [2.05, 4.69) is 0 Å². The number of benzene rings is 1. The van der Waals surface area contributed by atoms with Gasteiger partial charge >= 0.3 is 17.9 Å². The highest BCUT2D eigenvalue weighted by molar-refractivity contribution is 5.74. The van der Waals surface area contributed by atoms with Gasteiger partial charge in [0.2, 0.25) is 0 Å². The predicted molar refractivity (Wildman–Crippen MR) is 97.5 cm³/mol. The number of hydrogen-bond donors (Lipinski definition) is 1. The summed E-state index contributed by atoms with van der Waals surface area (Å²) in [6.07, 6.45) is 4.50. The van der Waals surface area contributed by atoms with E-state index in [1.165, 1.54) is 13.8 Å². The lowest BCUT2D eigenvalue weighted by atomic mass is 9.94.